The van der Waals surface area contributed by atoms with Crippen molar-refractivity contribution in [3.8, 4) is 5.75 Å². The molecule has 1 N–H and O–H groups in total. The number of ether oxygens (including phenoxy) is 1. The van der Waals surface area contributed by atoms with Gasteiger partial charge >= 0.3 is 0 Å². The number of halogens is 2. The van der Waals surface area contributed by atoms with Crippen LogP contribution in [-0.4, -0.2) is 50.9 Å². The van der Waals surface area contributed by atoms with Crippen molar-refractivity contribution < 1.29 is 22.7 Å². The van der Waals surface area contributed by atoms with E-state index < -0.39 is 28.5 Å². The van der Waals surface area contributed by atoms with Crippen molar-refractivity contribution in [1.82, 2.24) is 10.2 Å². The van der Waals surface area contributed by atoms with Crippen LogP contribution >= 0.6 is 27.5 Å². The van der Waals surface area contributed by atoms with Crippen LogP contribution in [0.5, 0.6) is 5.75 Å². The summed E-state index contributed by atoms with van der Waals surface area (Å²) < 4.78 is 35.1. The summed E-state index contributed by atoms with van der Waals surface area (Å²) in [6.45, 7) is 4.95. The molecule has 0 heterocycles. The lowest BCUT2D eigenvalue weighted by molar-refractivity contribution is -0.139. The second kappa shape index (κ2) is 14.0. The molecular formula is C29H33BrClN3O5S. The predicted octanol–water partition coefficient (Wildman–Crippen LogP) is 5.64. The second-order valence-corrected chi connectivity index (χ2v) is 12.5. The molecule has 0 fully saturated rings. The molecule has 0 spiro atoms. The molecule has 40 heavy (non-hydrogen) atoms. The van der Waals surface area contributed by atoms with Crippen molar-refractivity contribution in [2.75, 3.05) is 18.0 Å². The number of hydrogen-bond donors (Lipinski definition) is 1. The van der Waals surface area contributed by atoms with Crippen LogP contribution in [0.15, 0.2) is 82.2 Å². The molecule has 3 aromatic rings. The third-order valence-electron chi connectivity index (χ3n) is 6.43. The van der Waals surface area contributed by atoms with Gasteiger partial charge in [-0.25, -0.2) is 8.42 Å². The van der Waals surface area contributed by atoms with Gasteiger partial charge in [-0.1, -0.05) is 64.8 Å². The molecule has 3 rings (SSSR count). The zero-order valence-electron chi connectivity index (χ0n) is 22.8. The third kappa shape index (κ3) is 7.77. The number of benzene rings is 3. The number of carbonyl (C=O) groups is 2. The van der Waals surface area contributed by atoms with Gasteiger partial charge in [-0.2, -0.15) is 0 Å². The second-order valence-electron chi connectivity index (χ2n) is 9.29. The lowest BCUT2D eigenvalue weighted by Crippen LogP contribution is -2.52. The first kappa shape index (κ1) is 31.4. The highest BCUT2D eigenvalue weighted by atomic mass is 79.9. The fraction of sp³-hybridized carbons (Fsp3) is 0.310. The minimum Gasteiger partial charge on any atom is -0.495 e. The average Bonchev–Trinajstić information content (AvgIpc) is 2.94. The number of carbonyl (C=O) groups excluding carboxylic acids is 2. The number of methoxy groups -OCH3 is 1. The summed E-state index contributed by atoms with van der Waals surface area (Å²) in [5, 5.41) is 3.18. The molecule has 214 valence electrons. The summed E-state index contributed by atoms with van der Waals surface area (Å²) in [4.78, 5) is 28.6. The molecule has 8 nitrogen and oxygen atoms in total. The minimum absolute atomic E-state index is 0.00840. The van der Waals surface area contributed by atoms with Crippen LogP contribution in [0.1, 0.15) is 32.8 Å². The zero-order valence-corrected chi connectivity index (χ0v) is 26.0. The quantitative estimate of drug-likeness (QED) is 0.274. The van der Waals surface area contributed by atoms with E-state index in [2.05, 4.69) is 21.2 Å². The third-order valence-corrected chi connectivity index (χ3v) is 8.93. The molecule has 0 aliphatic rings. The van der Waals surface area contributed by atoms with Crippen LogP contribution in [0.25, 0.3) is 0 Å². The monoisotopic (exact) mass is 649 g/mol. The molecule has 2 amide bonds. The maximum absolute atomic E-state index is 14.0. The van der Waals surface area contributed by atoms with Gasteiger partial charge in [0.05, 0.1) is 17.7 Å². The van der Waals surface area contributed by atoms with E-state index in [1.165, 1.54) is 36.3 Å². The van der Waals surface area contributed by atoms with Crippen molar-refractivity contribution in [2.45, 2.75) is 50.7 Å². The van der Waals surface area contributed by atoms with Gasteiger partial charge in [0.25, 0.3) is 10.0 Å². The maximum Gasteiger partial charge on any atom is 0.264 e. The van der Waals surface area contributed by atoms with Gasteiger partial charge in [-0.15, -0.1) is 0 Å². The summed E-state index contributed by atoms with van der Waals surface area (Å²) in [5.41, 5.74) is 0.870. The molecule has 0 aliphatic carbocycles. The van der Waals surface area contributed by atoms with E-state index in [4.69, 9.17) is 16.3 Å². The van der Waals surface area contributed by atoms with Gasteiger partial charge in [0.15, 0.2) is 0 Å². The molecule has 0 bridgehead atoms. The molecule has 2 atom stereocenters. The van der Waals surface area contributed by atoms with Gasteiger partial charge in [0.1, 0.15) is 18.3 Å². The molecule has 0 radical (unpaired) electrons. The Morgan fingerprint density at radius 3 is 2.35 bits per heavy atom. The summed E-state index contributed by atoms with van der Waals surface area (Å²) in [6.07, 6.45) is 0.718. The number of rotatable bonds is 12. The number of sulfonamides is 1. The first-order valence-corrected chi connectivity index (χ1v) is 15.3. The van der Waals surface area contributed by atoms with Gasteiger partial charge < -0.3 is 15.0 Å². The van der Waals surface area contributed by atoms with Crippen LogP contribution in [0.2, 0.25) is 5.02 Å². The Balaban J connectivity index is 2.08. The highest BCUT2D eigenvalue weighted by molar-refractivity contribution is 9.10. The number of hydrogen-bond acceptors (Lipinski definition) is 5. The summed E-state index contributed by atoms with van der Waals surface area (Å²) in [6, 6.07) is 18.7. The lowest BCUT2D eigenvalue weighted by atomic mass is 10.1. The van der Waals surface area contributed by atoms with E-state index in [1.807, 2.05) is 38.1 Å². The zero-order chi connectivity index (χ0) is 29.4. The van der Waals surface area contributed by atoms with Crippen molar-refractivity contribution in [3.63, 3.8) is 0 Å². The van der Waals surface area contributed by atoms with Crippen molar-refractivity contribution in [3.05, 3.63) is 87.9 Å². The van der Waals surface area contributed by atoms with Crippen molar-refractivity contribution in [1.29, 1.82) is 0 Å². The Labute approximate surface area is 249 Å². The standard InChI is InChI=1S/C29H33BrClN3O5S/c1-5-20(2)32-29(36)21(3)33(18-22-10-9-11-23(30)16-22)28(35)19-34(26-17-24(31)14-15-27(26)39-4)40(37,38)25-12-7-6-8-13-25/h6-17,20-21H,5,18-19H2,1-4H3,(H,32,36)/t20-,21-/m0/s1. The van der Waals surface area contributed by atoms with Crippen molar-refractivity contribution in [2.24, 2.45) is 0 Å². The highest BCUT2D eigenvalue weighted by Crippen LogP contribution is 2.35. The number of nitrogens with zero attached hydrogens (tertiary/aromatic N) is 2. The molecule has 3 aromatic carbocycles. The Morgan fingerprint density at radius 2 is 1.73 bits per heavy atom. The fourth-order valence-corrected chi connectivity index (χ4v) is 6.02. The summed E-state index contributed by atoms with van der Waals surface area (Å²) in [7, 11) is -2.84. The van der Waals surface area contributed by atoms with Crippen LogP contribution in [0.3, 0.4) is 0 Å². The van der Waals surface area contributed by atoms with Crippen LogP contribution in [-0.2, 0) is 26.2 Å². The summed E-state index contributed by atoms with van der Waals surface area (Å²) in [5.74, 6) is -0.693. The normalized spacial score (nSPS) is 12.8. The highest BCUT2D eigenvalue weighted by Gasteiger charge is 2.34. The Morgan fingerprint density at radius 1 is 1.02 bits per heavy atom. The van der Waals surface area contributed by atoms with Gasteiger partial charge in [0, 0.05) is 22.1 Å². The smallest absolute Gasteiger partial charge is 0.264 e. The van der Waals surface area contributed by atoms with Crippen molar-refractivity contribution >= 4 is 55.1 Å². The number of amides is 2. The van der Waals surface area contributed by atoms with E-state index in [9.17, 15) is 18.0 Å². The maximum atomic E-state index is 14.0. The molecule has 0 unspecified atom stereocenters. The molecule has 0 saturated heterocycles. The average molecular weight is 651 g/mol. The van der Waals surface area contributed by atoms with E-state index in [0.29, 0.717) is 0 Å². The molecule has 0 saturated carbocycles. The SMILES string of the molecule is CC[C@H](C)NC(=O)[C@H](C)N(Cc1cccc(Br)c1)C(=O)CN(c1cc(Cl)ccc1OC)S(=O)(=O)c1ccccc1. The first-order chi connectivity index (χ1) is 19.0. The topological polar surface area (TPSA) is 96.0 Å². The number of nitrogens with one attached hydrogen (secondary N) is 1. The Kier molecular flexibility index (Phi) is 11.0. The van der Waals surface area contributed by atoms with Gasteiger partial charge in [-0.05, 0) is 68.3 Å². The lowest BCUT2D eigenvalue weighted by Gasteiger charge is -2.33. The molecule has 0 aromatic heterocycles. The van der Waals surface area contributed by atoms with Crippen LogP contribution in [0.4, 0.5) is 5.69 Å². The van der Waals surface area contributed by atoms with Crippen LogP contribution < -0.4 is 14.4 Å². The molecule has 11 heteroatoms. The van der Waals surface area contributed by atoms with E-state index >= 15 is 0 Å². The van der Waals surface area contributed by atoms with Crippen LogP contribution in [0, 0.1) is 0 Å². The van der Waals surface area contributed by atoms with Gasteiger partial charge in [0.2, 0.25) is 11.8 Å². The van der Waals surface area contributed by atoms with E-state index in [1.54, 1.807) is 31.2 Å². The predicted molar refractivity (Wildman–Crippen MR) is 161 cm³/mol. The number of anilines is 1. The van der Waals surface area contributed by atoms with E-state index in [-0.39, 0.29) is 39.8 Å². The first-order valence-electron chi connectivity index (χ1n) is 12.7. The summed E-state index contributed by atoms with van der Waals surface area (Å²) >= 11 is 9.71. The van der Waals surface area contributed by atoms with Gasteiger partial charge in [-0.3, -0.25) is 13.9 Å². The van der Waals surface area contributed by atoms with E-state index in [0.717, 1.165) is 20.8 Å². The Bertz CT molecular complexity index is 1440. The minimum atomic E-state index is -4.24. The fourth-order valence-electron chi connectivity index (χ4n) is 3.97. The largest absolute Gasteiger partial charge is 0.495 e. The Hall–Kier alpha value is -3.08. The molecule has 0 aliphatic heterocycles. The molecular weight excluding hydrogens is 618 g/mol.